The fourth-order valence-corrected chi connectivity index (χ4v) is 0.909. The average molecular weight is 172 g/mol. The van der Waals surface area contributed by atoms with Gasteiger partial charge in [0.25, 0.3) is 0 Å². The van der Waals surface area contributed by atoms with Crippen LogP contribution >= 0.6 is 0 Å². The summed E-state index contributed by atoms with van der Waals surface area (Å²) in [4.78, 5) is 13.1. The first-order valence-corrected chi connectivity index (χ1v) is 4.58. The van der Waals surface area contributed by atoms with Gasteiger partial charge in [-0.3, -0.25) is 4.79 Å². The Morgan fingerprint density at radius 1 is 1.42 bits per heavy atom. The molecule has 12 heavy (non-hydrogen) atoms. The molecule has 0 rings (SSSR count). The number of hydrogen-bond donors (Lipinski definition) is 1. The highest BCUT2D eigenvalue weighted by molar-refractivity contribution is 5.75. The summed E-state index contributed by atoms with van der Waals surface area (Å²) in [6.45, 7) is 3.85. The topological polar surface area (TPSA) is 32.3 Å². The molecule has 0 spiro atoms. The third kappa shape index (κ3) is 7.54. The maximum atomic E-state index is 11.1. The summed E-state index contributed by atoms with van der Waals surface area (Å²) >= 11 is 0. The van der Waals surface area contributed by atoms with E-state index in [1.165, 1.54) is 0 Å². The van der Waals surface area contributed by atoms with Gasteiger partial charge in [-0.15, -0.1) is 0 Å². The van der Waals surface area contributed by atoms with Crippen LogP contribution < -0.4 is 5.32 Å². The minimum atomic E-state index is 0.179. The summed E-state index contributed by atoms with van der Waals surface area (Å²) in [6.07, 6.45) is 2.61. The summed E-state index contributed by atoms with van der Waals surface area (Å²) in [6, 6.07) is 0. The van der Waals surface area contributed by atoms with Crippen LogP contribution in [0.1, 0.15) is 26.2 Å². The van der Waals surface area contributed by atoms with Crippen molar-refractivity contribution in [2.75, 3.05) is 27.2 Å². The highest BCUT2D eigenvalue weighted by Gasteiger charge is 1.99. The maximum absolute atomic E-state index is 11.1. The van der Waals surface area contributed by atoms with Gasteiger partial charge >= 0.3 is 0 Å². The quantitative estimate of drug-likeness (QED) is 0.644. The van der Waals surface area contributed by atoms with Crippen molar-refractivity contribution in [1.29, 1.82) is 0 Å². The van der Waals surface area contributed by atoms with Gasteiger partial charge in [0.05, 0.1) is 0 Å². The molecular weight excluding hydrogens is 152 g/mol. The van der Waals surface area contributed by atoms with Gasteiger partial charge in [0.15, 0.2) is 0 Å². The first-order chi connectivity index (χ1) is 5.66. The molecule has 0 saturated carbocycles. The Labute approximate surface area is 75.1 Å². The molecule has 0 aromatic heterocycles. The minimum absolute atomic E-state index is 0.179. The van der Waals surface area contributed by atoms with E-state index in [9.17, 15) is 4.79 Å². The summed E-state index contributed by atoms with van der Waals surface area (Å²) in [5.41, 5.74) is 0. The van der Waals surface area contributed by atoms with Crippen LogP contribution in [0.3, 0.4) is 0 Å². The summed E-state index contributed by atoms with van der Waals surface area (Å²) < 4.78 is 0. The van der Waals surface area contributed by atoms with Crippen LogP contribution in [0.4, 0.5) is 0 Å². The zero-order valence-corrected chi connectivity index (χ0v) is 8.39. The second-order valence-corrected chi connectivity index (χ2v) is 3.26. The van der Waals surface area contributed by atoms with E-state index in [1.807, 2.05) is 14.1 Å². The van der Waals surface area contributed by atoms with Crippen molar-refractivity contribution >= 4 is 5.91 Å². The molecule has 1 amide bonds. The van der Waals surface area contributed by atoms with Crippen LogP contribution in [0, 0.1) is 0 Å². The van der Waals surface area contributed by atoms with Crippen molar-refractivity contribution in [3.8, 4) is 0 Å². The Balaban J connectivity index is 3.20. The van der Waals surface area contributed by atoms with Crippen molar-refractivity contribution < 1.29 is 4.79 Å². The molecule has 0 aliphatic rings. The predicted molar refractivity (Wildman–Crippen MR) is 51.1 cm³/mol. The molecule has 0 aromatic rings. The van der Waals surface area contributed by atoms with Crippen molar-refractivity contribution in [3.05, 3.63) is 0 Å². The molecule has 0 heterocycles. The van der Waals surface area contributed by atoms with Gasteiger partial charge in [-0.25, -0.2) is 0 Å². The number of rotatable bonds is 6. The van der Waals surface area contributed by atoms with E-state index in [0.29, 0.717) is 6.42 Å². The standard InChI is InChI=1S/C9H20N2O/c1-4-7-10-9(12)6-5-8-11(2)3/h4-8H2,1-3H3,(H,10,12). The second kappa shape index (κ2) is 7.10. The van der Waals surface area contributed by atoms with Crippen molar-refractivity contribution in [2.24, 2.45) is 0 Å². The van der Waals surface area contributed by atoms with Crippen LogP contribution in [-0.4, -0.2) is 38.0 Å². The highest BCUT2D eigenvalue weighted by atomic mass is 16.1. The van der Waals surface area contributed by atoms with Crippen LogP contribution in [0.15, 0.2) is 0 Å². The van der Waals surface area contributed by atoms with Crippen LogP contribution in [0.2, 0.25) is 0 Å². The van der Waals surface area contributed by atoms with Crippen LogP contribution in [-0.2, 0) is 4.79 Å². The molecule has 0 bridgehead atoms. The lowest BCUT2D eigenvalue weighted by molar-refractivity contribution is -0.121. The lowest BCUT2D eigenvalue weighted by atomic mass is 10.3. The van der Waals surface area contributed by atoms with Crippen molar-refractivity contribution in [1.82, 2.24) is 10.2 Å². The van der Waals surface area contributed by atoms with E-state index in [1.54, 1.807) is 0 Å². The summed E-state index contributed by atoms with van der Waals surface area (Å²) in [5.74, 6) is 0.179. The summed E-state index contributed by atoms with van der Waals surface area (Å²) in [7, 11) is 4.04. The maximum Gasteiger partial charge on any atom is 0.220 e. The van der Waals surface area contributed by atoms with E-state index in [0.717, 1.165) is 25.9 Å². The molecule has 0 saturated heterocycles. The number of carbonyl (C=O) groups is 1. The van der Waals surface area contributed by atoms with Gasteiger partial charge in [0, 0.05) is 13.0 Å². The first kappa shape index (κ1) is 11.4. The molecule has 3 heteroatoms. The third-order valence-electron chi connectivity index (χ3n) is 1.58. The van der Waals surface area contributed by atoms with Crippen LogP contribution in [0.25, 0.3) is 0 Å². The number of carbonyl (C=O) groups excluding carboxylic acids is 1. The smallest absolute Gasteiger partial charge is 0.220 e. The van der Waals surface area contributed by atoms with Crippen molar-refractivity contribution in [3.63, 3.8) is 0 Å². The molecule has 0 aromatic carbocycles. The lowest BCUT2D eigenvalue weighted by Crippen LogP contribution is -2.25. The molecule has 0 radical (unpaired) electrons. The molecule has 0 aliphatic carbocycles. The summed E-state index contributed by atoms with van der Waals surface area (Å²) in [5, 5.41) is 2.85. The van der Waals surface area contributed by atoms with Crippen LogP contribution in [0.5, 0.6) is 0 Å². The zero-order chi connectivity index (χ0) is 9.40. The van der Waals surface area contributed by atoms with Gasteiger partial charge in [-0.1, -0.05) is 6.92 Å². The molecule has 3 nitrogen and oxygen atoms in total. The van der Waals surface area contributed by atoms with Gasteiger partial charge in [-0.05, 0) is 33.5 Å². The molecule has 0 fully saturated rings. The molecule has 0 aliphatic heterocycles. The predicted octanol–water partition coefficient (Wildman–Crippen LogP) is 0.854. The third-order valence-corrected chi connectivity index (χ3v) is 1.58. The Hall–Kier alpha value is -0.570. The van der Waals surface area contributed by atoms with E-state index in [-0.39, 0.29) is 5.91 Å². The normalized spacial score (nSPS) is 10.3. The molecule has 1 N–H and O–H groups in total. The Kier molecular flexibility index (Phi) is 6.76. The molecule has 0 unspecified atom stereocenters. The fraction of sp³-hybridized carbons (Fsp3) is 0.889. The van der Waals surface area contributed by atoms with Crippen molar-refractivity contribution in [2.45, 2.75) is 26.2 Å². The lowest BCUT2D eigenvalue weighted by Gasteiger charge is -2.08. The first-order valence-electron chi connectivity index (χ1n) is 4.58. The Morgan fingerprint density at radius 2 is 2.08 bits per heavy atom. The molecule has 0 atom stereocenters. The fourth-order valence-electron chi connectivity index (χ4n) is 0.909. The monoisotopic (exact) mass is 172 g/mol. The largest absolute Gasteiger partial charge is 0.356 e. The molecule has 72 valence electrons. The minimum Gasteiger partial charge on any atom is -0.356 e. The average Bonchev–Trinajstić information content (AvgIpc) is 2.00. The van der Waals surface area contributed by atoms with E-state index < -0.39 is 0 Å². The number of nitrogens with one attached hydrogen (secondary N) is 1. The van der Waals surface area contributed by atoms with Gasteiger partial charge in [-0.2, -0.15) is 0 Å². The molecular formula is C9H20N2O. The number of hydrogen-bond acceptors (Lipinski definition) is 2. The van der Waals surface area contributed by atoms with E-state index >= 15 is 0 Å². The van der Waals surface area contributed by atoms with E-state index in [4.69, 9.17) is 0 Å². The van der Waals surface area contributed by atoms with E-state index in [2.05, 4.69) is 17.1 Å². The van der Waals surface area contributed by atoms with Gasteiger partial charge in [0.2, 0.25) is 5.91 Å². The van der Waals surface area contributed by atoms with Gasteiger partial charge < -0.3 is 10.2 Å². The zero-order valence-electron chi connectivity index (χ0n) is 8.39. The van der Waals surface area contributed by atoms with Gasteiger partial charge in [0.1, 0.15) is 0 Å². The number of amides is 1. The second-order valence-electron chi connectivity index (χ2n) is 3.26. The number of nitrogens with zero attached hydrogens (tertiary/aromatic N) is 1. The Bertz CT molecular complexity index is 124. The SMILES string of the molecule is CCCNC(=O)CCCN(C)C. The Morgan fingerprint density at radius 3 is 2.58 bits per heavy atom. The highest BCUT2D eigenvalue weighted by Crippen LogP contribution is 1.90.